The Morgan fingerprint density at radius 1 is 0.600 bits per heavy atom. The molecule has 0 amide bonds. The fraction of sp³-hybridized carbons (Fsp3) is 0.682. The molecule has 0 radical (unpaired) electrons. The predicted octanol–water partition coefficient (Wildman–Crippen LogP) is 11.6. The maximum atomic E-state index is 12.0. The van der Waals surface area contributed by atoms with Gasteiger partial charge in [0, 0.05) is 18.9 Å². The summed E-state index contributed by atoms with van der Waals surface area (Å²) in [5, 5.41) is 11.5. The molecule has 0 aromatic heterocycles. The summed E-state index contributed by atoms with van der Waals surface area (Å²) in [5.74, 6) is -0.710. The summed E-state index contributed by atoms with van der Waals surface area (Å²) >= 11 is 0. The quantitative estimate of drug-likeness (QED) is 0.0497. The van der Waals surface area contributed by atoms with Gasteiger partial charge < -0.3 is 14.3 Å². The van der Waals surface area contributed by atoms with E-state index in [1.54, 1.807) is 0 Å². The molecule has 2 aromatic rings. The van der Waals surface area contributed by atoms with Gasteiger partial charge in [-0.25, -0.2) is 0 Å². The van der Waals surface area contributed by atoms with Gasteiger partial charge >= 0.3 is 11.9 Å². The second kappa shape index (κ2) is 26.3. The highest BCUT2D eigenvalue weighted by atomic mass is 28.4. The van der Waals surface area contributed by atoms with Crippen LogP contribution in [-0.4, -0.2) is 38.1 Å². The fourth-order valence-electron chi connectivity index (χ4n) is 7.22. The maximum Gasteiger partial charge on any atom is 0.305 e. The number of aliphatic carboxylic acids is 1. The molecule has 2 rings (SSSR count). The van der Waals surface area contributed by atoms with Gasteiger partial charge in [-0.05, 0) is 47.5 Å². The van der Waals surface area contributed by atoms with E-state index in [0.29, 0.717) is 13.0 Å². The zero-order chi connectivity index (χ0) is 36.3. The Hall–Kier alpha value is -2.44. The molecule has 5 nitrogen and oxygen atoms in total. The lowest BCUT2D eigenvalue weighted by atomic mass is 10.0. The molecule has 0 fully saturated rings. The van der Waals surface area contributed by atoms with Crippen LogP contribution in [0.15, 0.2) is 60.7 Å². The molecule has 50 heavy (non-hydrogen) atoms. The van der Waals surface area contributed by atoms with Crippen LogP contribution in [0.4, 0.5) is 0 Å². The van der Waals surface area contributed by atoms with E-state index in [1.165, 1.54) is 87.4 Å². The molecule has 0 aliphatic heterocycles. The van der Waals surface area contributed by atoms with Crippen molar-refractivity contribution in [3.05, 3.63) is 60.7 Å². The standard InChI is InChI=1S/C44H72O5Si/c1-5-6-7-18-29-38-48-43(47)37-28-17-13-9-11-15-22-31-39(30-21-14-10-8-12-16-27-36-42(45)46)49-50(44(2,3)4,40-32-23-19-24-33-40)41-34-25-20-26-35-41/h19-20,23-26,32-35,39H,5-18,21-22,27-31,36-38H2,1-4H3,(H,45,46). The molecule has 1 unspecified atom stereocenters. The third kappa shape index (κ3) is 17.7. The van der Waals surface area contributed by atoms with Crippen molar-refractivity contribution in [2.24, 2.45) is 0 Å². The van der Waals surface area contributed by atoms with Crippen molar-refractivity contribution in [3.63, 3.8) is 0 Å². The fourth-order valence-corrected chi connectivity index (χ4v) is 12.0. The second-order valence-corrected chi connectivity index (χ2v) is 19.7. The molecule has 2 aromatic carbocycles. The summed E-state index contributed by atoms with van der Waals surface area (Å²) in [4.78, 5) is 22.8. The molecule has 1 N–H and O–H groups in total. The van der Waals surface area contributed by atoms with E-state index in [4.69, 9.17) is 14.3 Å². The van der Waals surface area contributed by atoms with Crippen LogP contribution in [0, 0.1) is 0 Å². The number of carbonyl (C=O) groups excluding carboxylic acids is 1. The average Bonchev–Trinajstić information content (AvgIpc) is 3.10. The third-order valence-electron chi connectivity index (χ3n) is 10.1. The van der Waals surface area contributed by atoms with Crippen LogP contribution in [0.3, 0.4) is 0 Å². The molecular formula is C44H72O5Si. The van der Waals surface area contributed by atoms with Gasteiger partial charge in [-0.2, -0.15) is 0 Å². The highest BCUT2D eigenvalue weighted by molar-refractivity contribution is 6.99. The lowest BCUT2D eigenvalue weighted by molar-refractivity contribution is -0.144. The number of carboxylic acids is 1. The molecule has 0 saturated heterocycles. The van der Waals surface area contributed by atoms with Crippen LogP contribution < -0.4 is 10.4 Å². The topological polar surface area (TPSA) is 72.8 Å². The van der Waals surface area contributed by atoms with E-state index in [0.717, 1.165) is 57.8 Å². The van der Waals surface area contributed by atoms with Crippen molar-refractivity contribution in [1.82, 2.24) is 0 Å². The van der Waals surface area contributed by atoms with E-state index >= 15 is 0 Å². The van der Waals surface area contributed by atoms with Crippen LogP contribution in [0.2, 0.25) is 5.04 Å². The van der Waals surface area contributed by atoms with E-state index < -0.39 is 14.3 Å². The van der Waals surface area contributed by atoms with Crippen LogP contribution in [-0.2, 0) is 18.8 Å². The zero-order valence-corrected chi connectivity index (χ0v) is 33.4. The first-order chi connectivity index (χ1) is 24.2. The SMILES string of the molecule is CCCCCCCOC(=O)CCCCCCCCCC(CCCCCCCCCC(=O)O)O[Si](c1ccccc1)(c1ccccc1)C(C)(C)C. The van der Waals surface area contributed by atoms with Crippen molar-refractivity contribution in [1.29, 1.82) is 0 Å². The monoisotopic (exact) mass is 709 g/mol. The van der Waals surface area contributed by atoms with Crippen molar-refractivity contribution < 1.29 is 23.9 Å². The van der Waals surface area contributed by atoms with E-state index in [1.807, 2.05) is 0 Å². The van der Waals surface area contributed by atoms with Gasteiger partial charge in [-0.3, -0.25) is 9.59 Å². The van der Waals surface area contributed by atoms with Gasteiger partial charge in [0.25, 0.3) is 8.32 Å². The van der Waals surface area contributed by atoms with Crippen LogP contribution in [0.5, 0.6) is 0 Å². The summed E-state index contributed by atoms with van der Waals surface area (Å²) in [7, 11) is -2.61. The number of hydrogen-bond donors (Lipinski definition) is 1. The maximum absolute atomic E-state index is 12.0. The molecular weight excluding hydrogens is 637 g/mol. The number of benzene rings is 2. The molecule has 0 bridgehead atoms. The summed E-state index contributed by atoms with van der Waals surface area (Å²) in [6.45, 7) is 9.91. The van der Waals surface area contributed by atoms with E-state index in [9.17, 15) is 9.59 Å². The Balaban J connectivity index is 1.90. The van der Waals surface area contributed by atoms with Crippen LogP contribution in [0.25, 0.3) is 0 Å². The molecule has 6 heteroatoms. The Morgan fingerprint density at radius 3 is 1.48 bits per heavy atom. The number of ether oxygens (including phenoxy) is 1. The van der Waals surface area contributed by atoms with E-state index in [2.05, 4.69) is 88.4 Å². The third-order valence-corrected chi connectivity index (χ3v) is 15.2. The Labute approximate surface area is 307 Å². The second-order valence-electron chi connectivity index (χ2n) is 15.5. The lowest BCUT2D eigenvalue weighted by Crippen LogP contribution is -2.67. The summed E-state index contributed by atoms with van der Waals surface area (Å²) in [6, 6.07) is 22.0. The van der Waals surface area contributed by atoms with Gasteiger partial charge in [0.15, 0.2) is 0 Å². The Kier molecular flexibility index (Phi) is 23.0. The summed E-state index contributed by atoms with van der Waals surface area (Å²) in [6.07, 6.45) is 24.9. The minimum atomic E-state index is -2.61. The van der Waals surface area contributed by atoms with Crippen molar-refractivity contribution in [3.8, 4) is 0 Å². The number of unbranched alkanes of at least 4 members (excludes halogenated alkanes) is 16. The van der Waals surface area contributed by atoms with Crippen molar-refractivity contribution in [2.75, 3.05) is 6.61 Å². The average molecular weight is 709 g/mol. The van der Waals surface area contributed by atoms with Gasteiger partial charge in [0.1, 0.15) is 0 Å². The number of hydrogen-bond acceptors (Lipinski definition) is 4. The van der Waals surface area contributed by atoms with Crippen LogP contribution in [0.1, 0.15) is 175 Å². The predicted molar refractivity (Wildman–Crippen MR) is 213 cm³/mol. The zero-order valence-electron chi connectivity index (χ0n) is 32.4. The van der Waals surface area contributed by atoms with Gasteiger partial charge in [-0.15, -0.1) is 0 Å². The minimum absolute atomic E-state index is 0.0249. The smallest absolute Gasteiger partial charge is 0.305 e. The molecule has 0 spiro atoms. The van der Waals surface area contributed by atoms with Gasteiger partial charge in [0.2, 0.25) is 0 Å². The first kappa shape index (κ1) is 43.7. The van der Waals surface area contributed by atoms with Gasteiger partial charge in [-0.1, -0.05) is 191 Å². The normalized spacial score (nSPS) is 12.6. The number of esters is 1. The lowest BCUT2D eigenvalue weighted by Gasteiger charge is -2.45. The van der Waals surface area contributed by atoms with Crippen LogP contribution >= 0.6 is 0 Å². The molecule has 0 saturated carbocycles. The van der Waals surface area contributed by atoms with Crippen molar-refractivity contribution >= 4 is 30.6 Å². The molecule has 0 aliphatic rings. The largest absolute Gasteiger partial charge is 0.481 e. The number of carboxylic acid groups (broad SMARTS) is 1. The number of carbonyl (C=O) groups is 2. The Bertz CT molecular complexity index is 1090. The van der Waals surface area contributed by atoms with Crippen molar-refractivity contribution in [2.45, 2.75) is 187 Å². The molecule has 282 valence electrons. The highest BCUT2D eigenvalue weighted by Crippen LogP contribution is 2.38. The molecule has 0 aliphatic carbocycles. The minimum Gasteiger partial charge on any atom is -0.481 e. The molecule has 1 atom stereocenters. The highest BCUT2D eigenvalue weighted by Gasteiger charge is 2.51. The summed E-state index contributed by atoms with van der Waals surface area (Å²) < 4.78 is 13.0. The first-order valence-electron chi connectivity index (χ1n) is 20.4. The Morgan fingerprint density at radius 2 is 1.02 bits per heavy atom. The number of rotatable bonds is 30. The molecule has 0 heterocycles. The summed E-state index contributed by atoms with van der Waals surface area (Å²) in [5.41, 5.74) is 0. The first-order valence-corrected chi connectivity index (χ1v) is 22.3. The van der Waals surface area contributed by atoms with Gasteiger partial charge in [0.05, 0.1) is 6.61 Å². The van der Waals surface area contributed by atoms with E-state index in [-0.39, 0.29) is 23.5 Å².